The topological polar surface area (TPSA) is 55.8 Å². The Morgan fingerprint density at radius 2 is 1.80 bits per heavy atom. The van der Waals surface area contributed by atoms with Crippen molar-refractivity contribution in [2.75, 3.05) is 6.61 Å². The monoisotopic (exact) mass is 527 g/mol. The molecule has 0 radical (unpaired) electrons. The third-order valence-corrected chi connectivity index (χ3v) is 6.75. The number of amides is 2. The van der Waals surface area contributed by atoms with Gasteiger partial charge in [-0.1, -0.05) is 65.2 Å². The van der Waals surface area contributed by atoms with Gasteiger partial charge in [0.25, 0.3) is 11.1 Å². The van der Waals surface area contributed by atoms with Gasteiger partial charge in [0.2, 0.25) is 0 Å². The Balaban J connectivity index is 1.51. The summed E-state index contributed by atoms with van der Waals surface area (Å²) in [4.78, 5) is 27.0. The molecule has 0 N–H and O–H groups in total. The number of hydrogen-bond acceptors (Lipinski definition) is 5. The molecule has 1 heterocycles. The number of carbonyl (C=O) groups excluding carboxylic acids is 2. The van der Waals surface area contributed by atoms with E-state index in [4.69, 9.17) is 32.7 Å². The van der Waals surface area contributed by atoms with Gasteiger partial charge in [-0.15, -0.1) is 0 Å². The molecule has 0 unspecified atom stereocenters. The highest BCUT2D eigenvalue weighted by Gasteiger charge is 2.35. The van der Waals surface area contributed by atoms with Gasteiger partial charge in [0.1, 0.15) is 6.61 Å². The average Bonchev–Trinajstić information content (AvgIpc) is 3.08. The van der Waals surface area contributed by atoms with Crippen LogP contribution >= 0.6 is 35.0 Å². The molecule has 2 amide bonds. The smallest absolute Gasteiger partial charge is 0.293 e. The summed E-state index contributed by atoms with van der Waals surface area (Å²) in [6, 6.07) is 18.5. The molecule has 4 rings (SSSR count). The van der Waals surface area contributed by atoms with Crippen molar-refractivity contribution in [1.29, 1.82) is 0 Å². The van der Waals surface area contributed by atoms with Crippen LogP contribution in [0.3, 0.4) is 0 Å². The van der Waals surface area contributed by atoms with E-state index in [1.54, 1.807) is 30.3 Å². The van der Waals surface area contributed by atoms with Crippen LogP contribution in [-0.4, -0.2) is 22.7 Å². The molecule has 0 aromatic heterocycles. The quantitative estimate of drug-likeness (QED) is 0.283. The number of hydrogen-bond donors (Lipinski definition) is 0. The predicted molar refractivity (Wildman–Crippen MR) is 141 cm³/mol. The Morgan fingerprint density at radius 3 is 2.54 bits per heavy atom. The second-order valence-corrected chi connectivity index (χ2v) is 9.76. The maximum atomic E-state index is 13.0. The van der Waals surface area contributed by atoms with Crippen LogP contribution in [0.15, 0.2) is 65.6 Å². The molecule has 1 fully saturated rings. The average molecular weight is 528 g/mol. The number of imide groups is 1. The van der Waals surface area contributed by atoms with Gasteiger partial charge >= 0.3 is 0 Å². The summed E-state index contributed by atoms with van der Waals surface area (Å²) in [5.41, 5.74) is 3.60. The van der Waals surface area contributed by atoms with E-state index >= 15 is 0 Å². The summed E-state index contributed by atoms with van der Waals surface area (Å²) in [7, 11) is 0. The summed E-state index contributed by atoms with van der Waals surface area (Å²) < 4.78 is 11.8. The Morgan fingerprint density at radius 1 is 0.971 bits per heavy atom. The molecule has 0 bridgehead atoms. The van der Waals surface area contributed by atoms with E-state index in [1.165, 1.54) is 10.5 Å². The molecular formula is C27H23Cl2NO4S. The van der Waals surface area contributed by atoms with Crippen molar-refractivity contribution >= 4 is 52.2 Å². The van der Waals surface area contributed by atoms with Crippen LogP contribution in [0.1, 0.15) is 29.2 Å². The first-order valence-corrected chi connectivity index (χ1v) is 12.6. The predicted octanol–water partition coefficient (Wildman–Crippen LogP) is 7.52. The maximum absolute atomic E-state index is 13.0. The van der Waals surface area contributed by atoms with E-state index in [0.29, 0.717) is 45.2 Å². The molecule has 5 nitrogen and oxygen atoms in total. The normalized spacial score (nSPS) is 14.6. The molecule has 1 saturated heterocycles. The molecule has 0 saturated carbocycles. The fourth-order valence-electron chi connectivity index (χ4n) is 3.57. The number of thioether (sulfide) groups is 1. The lowest BCUT2D eigenvalue weighted by atomic mass is 10.1. The zero-order chi connectivity index (χ0) is 24.9. The van der Waals surface area contributed by atoms with Crippen LogP contribution in [-0.2, 0) is 17.9 Å². The second kappa shape index (κ2) is 11.2. The molecule has 0 aliphatic carbocycles. The lowest BCUT2D eigenvalue weighted by Gasteiger charge is -2.14. The van der Waals surface area contributed by atoms with Gasteiger partial charge < -0.3 is 9.47 Å². The first-order valence-electron chi connectivity index (χ1n) is 11.0. The van der Waals surface area contributed by atoms with Crippen molar-refractivity contribution < 1.29 is 19.1 Å². The Bertz CT molecular complexity index is 1310. The maximum Gasteiger partial charge on any atom is 0.293 e. The number of rotatable bonds is 8. The highest BCUT2D eigenvalue weighted by atomic mass is 35.5. The van der Waals surface area contributed by atoms with Crippen molar-refractivity contribution in [2.45, 2.75) is 27.0 Å². The van der Waals surface area contributed by atoms with Crippen LogP contribution in [0.4, 0.5) is 4.79 Å². The van der Waals surface area contributed by atoms with E-state index < -0.39 is 0 Å². The highest BCUT2D eigenvalue weighted by molar-refractivity contribution is 8.18. The summed E-state index contributed by atoms with van der Waals surface area (Å²) in [6.07, 6.45) is 1.68. The number of halogens is 2. The third-order valence-electron chi connectivity index (χ3n) is 5.26. The van der Waals surface area contributed by atoms with Crippen molar-refractivity contribution in [3.63, 3.8) is 0 Å². The van der Waals surface area contributed by atoms with Crippen molar-refractivity contribution in [3.8, 4) is 11.5 Å². The van der Waals surface area contributed by atoms with Gasteiger partial charge in [0.05, 0.1) is 18.1 Å². The minimum Gasteiger partial charge on any atom is -0.490 e. The van der Waals surface area contributed by atoms with Gasteiger partial charge in [-0.05, 0) is 72.6 Å². The molecule has 3 aromatic rings. The number of carbonyl (C=O) groups is 2. The molecule has 3 aromatic carbocycles. The van der Waals surface area contributed by atoms with Gasteiger partial charge in [-0.2, -0.15) is 0 Å². The Hall–Kier alpha value is -2.93. The fraction of sp³-hybridized carbons (Fsp3) is 0.185. The summed E-state index contributed by atoms with van der Waals surface area (Å²) >= 11 is 13.1. The number of ether oxygens (including phenoxy) is 2. The Kier molecular flexibility index (Phi) is 8.06. The second-order valence-electron chi connectivity index (χ2n) is 7.92. The molecule has 1 aliphatic heterocycles. The van der Waals surface area contributed by atoms with E-state index in [9.17, 15) is 9.59 Å². The van der Waals surface area contributed by atoms with Crippen LogP contribution in [0.25, 0.3) is 6.08 Å². The fourth-order valence-corrected chi connectivity index (χ4v) is 4.88. The van der Waals surface area contributed by atoms with Crippen LogP contribution in [0.5, 0.6) is 11.5 Å². The minimum atomic E-state index is -0.372. The van der Waals surface area contributed by atoms with E-state index in [-0.39, 0.29) is 17.7 Å². The van der Waals surface area contributed by atoms with Crippen molar-refractivity contribution in [3.05, 3.63) is 97.9 Å². The van der Waals surface area contributed by atoms with E-state index in [1.807, 2.05) is 44.2 Å². The van der Waals surface area contributed by atoms with Crippen LogP contribution in [0.2, 0.25) is 10.0 Å². The molecule has 0 atom stereocenters. The summed E-state index contributed by atoms with van der Waals surface area (Å²) in [5.74, 6) is 0.806. The molecule has 0 spiro atoms. The lowest BCUT2D eigenvalue weighted by Crippen LogP contribution is -2.27. The van der Waals surface area contributed by atoms with Crippen molar-refractivity contribution in [2.24, 2.45) is 0 Å². The third kappa shape index (κ3) is 6.20. The molecular weight excluding hydrogens is 505 g/mol. The minimum absolute atomic E-state index is 0.0773. The standard InChI is InChI=1S/C27H23Cl2NO4S/c1-3-33-24-12-18(7-10-23(24)34-16-19-6-4-5-17(2)11-19)13-25-26(31)30(27(32)35-25)15-20-8-9-21(28)14-22(20)29/h4-14H,3,15-16H2,1-2H3/b25-13-. The van der Waals surface area contributed by atoms with Gasteiger partial charge in [0.15, 0.2) is 11.5 Å². The van der Waals surface area contributed by atoms with Crippen molar-refractivity contribution in [1.82, 2.24) is 4.90 Å². The van der Waals surface area contributed by atoms with Crippen LogP contribution < -0.4 is 9.47 Å². The summed E-state index contributed by atoms with van der Waals surface area (Å²) in [6.45, 7) is 4.88. The van der Waals surface area contributed by atoms with E-state index in [0.717, 1.165) is 22.9 Å². The van der Waals surface area contributed by atoms with Gasteiger partial charge in [-0.3, -0.25) is 14.5 Å². The number of benzene rings is 3. The Labute approximate surface area is 218 Å². The highest BCUT2D eigenvalue weighted by Crippen LogP contribution is 2.36. The van der Waals surface area contributed by atoms with Gasteiger partial charge in [-0.25, -0.2) is 0 Å². The first-order chi connectivity index (χ1) is 16.8. The molecule has 35 heavy (non-hydrogen) atoms. The number of aryl methyl sites for hydroxylation is 1. The molecule has 8 heteroatoms. The number of nitrogens with zero attached hydrogens (tertiary/aromatic N) is 1. The van der Waals surface area contributed by atoms with Gasteiger partial charge in [0, 0.05) is 10.0 Å². The molecule has 180 valence electrons. The summed E-state index contributed by atoms with van der Waals surface area (Å²) in [5, 5.41) is 0.544. The zero-order valence-corrected chi connectivity index (χ0v) is 21.5. The zero-order valence-electron chi connectivity index (χ0n) is 19.2. The molecule has 1 aliphatic rings. The largest absolute Gasteiger partial charge is 0.490 e. The first kappa shape index (κ1) is 25.2. The lowest BCUT2D eigenvalue weighted by molar-refractivity contribution is -0.123. The van der Waals surface area contributed by atoms with E-state index in [2.05, 4.69) is 6.07 Å². The SMILES string of the molecule is CCOc1cc(/C=C2\SC(=O)N(Cc3ccc(Cl)cc3Cl)C2=O)ccc1OCc1cccc(C)c1. The van der Waals surface area contributed by atoms with Crippen LogP contribution in [0, 0.1) is 6.92 Å².